The molecule has 0 bridgehead atoms. The van der Waals surface area contributed by atoms with Crippen molar-refractivity contribution in [2.24, 2.45) is 0 Å². The normalized spacial score (nSPS) is 12.6. The highest BCUT2D eigenvalue weighted by atomic mass is 79.9. The summed E-state index contributed by atoms with van der Waals surface area (Å²) in [5, 5.41) is 7.85. The molecule has 0 saturated carbocycles. The fourth-order valence-electron chi connectivity index (χ4n) is 2.27. The summed E-state index contributed by atoms with van der Waals surface area (Å²) in [7, 11) is 0. The van der Waals surface area contributed by atoms with Crippen molar-refractivity contribution in [2.75, 3.05) is 6.54 Å². The first-order valence-electron chi connectivity index (χ1n) is 6.87. The number of thiophene rings is 1. The number of rotatable bonds is 7. The van der Waals surface area contributed by atoms with Crippen molar-refractivity contribution in [3.8, 4) is 0 Å². The van der Waals surface area contributed by atoms with Crippen LogP contribution in [0.3, 0.4) is 0 Å². The number of hydrogen-bond donors (Lipinski definition) is 1. The van der Waals surface area contributed by atoms with Crippen LogP contribution in [0.2, 0.25) is 0 Å². The van der Waals surface area contributed by atoms with Crippen molar-refractivity contribution >= 4 is 27.3 Å². The fourth-order valence-corrected chi connectivity index (χ4v) is 3.47. The van der Waals surface area contributed by atoms with E-state index in [1.807, 2.05) is 6.07 Å². The number of nitrogens with one attached hydrogen (secondary N) is 1. The van der Waals surface area contributed by atoms with Crippen LogP contribution in [0.4, 0.5) is 4.39 Å². The molecule has 0 spiro atoms. The molecule has 108 valence electrons. The second-order valence-electron chi connectivity index (χ2n) is 4.97. The molecule has 0 aliphatic carbocycles. The summed E-state index contributed by atoms with van der Waals surface area (Å²) in [5.74, 6) is -0.181. The Kier molecular flexibility index (Phi) is 6.20. The van der Waals surface area contributed by atoms with Gasteiger partial charge in [0.1, 0.15) is 5.82 Å². The summed E-state index contributed by atoms with van der Waals surface area (Å²) in [4.78, 5) is 0. The number of halogens is 2. The van der Waals surface area contributed by atoms with Gasteiger partial charge in [-0.05, 0) is 72.0 Å². The van der Waals surface area contributed by atoms with Crippen LogP contribution in [0.25, 0.3) is 0 Å². The van der Waals surface area contributed by atoms with Crippen molar-refractivity contribution in [1.82, 2.24) is 5.32 Å². The highest BCUT2D eigenvalue weighted by Crippen LogP contribution is 2.18. The lowest BCUT2D eigenvalue weighted by Crippen LogP contribution is -2.33. The van der Waals surface area contributed by atoms with Gasteiger partial charge in [-0.25, -0.2) is 4.39 Å². The van der Waals surface area contributed by atoms with Crippen molar-refractivity contribution in [2.45, 2.75) is 32.2 Å². The van der Waals surface area contributed by atoms with E-state index in [2.05, 4.69) is 45.0 Å². The standard InChI is InChI=1S/C16H19BrFNS/c1-2-4-19-16(8-12-3-5-20-11-12)9-13-6-14(17)10-15(18)7-13/h3,5-7,10-11,16,19H,2,4,8-9H2,1H3. The maximum absolute atomic E-state index is 13.5. The molecule has 0 aliphatic rings. The Labute approximate surface area is 132 Å². The Morgan fingerprint density at radius 1 is 1.25 bits per heavy atom. The van der Waals surface area contributed by atoms with Crippen LogP contribution in [0.15, 0.2) is 39.5 Å². The monoisotopic (exact) mass is 355 g/mol. The van der Waals surface area contributed by atoms with E-state index in [4.69, 9.17) is 0 Å². The van der Waals surface area contributed by atoms with Gasteiger partial charge in [-0.1, -0.05) is 22.9 Å². The Bertz CT molecular complexity index is 507. The third kappa shape index (κ3) is 5.00. The summed E-state index contributed by atoms with van der Waals surface area (Å²) in [5.41, 5.74) is 2.37. The minimum atomic E-state index is -0.181. The molecule has 0 saturated heterocycles. The molecule has 1 unspecified atom stereocenters. The molecule has 0 radical (unpaired) electrons. The Morgan fingerprint density at radius 3 is 2.70 bits per heavy atom. The molecule has 20 heavy (non-hydrogen) atoms. The van der Waals surface area contributed by atoms with Gasteiger partial charge in [-0.3, -0.25) is 0 Å². The number of hydrogen-bond acceptors (Lipinski definition) is 2. The van der Waals surface area contributed by atoms with Crippen LogP contribution >= 0.6 is 27.3 Å². The molecule has 1 aromatic heterocycles. The molecule has 0 fully saturated rings. The fraction of sp³-hybridized carbons (Fsp3) is 0.375. The van der Waals surface area contributed by atoms with E-state index in [1.165, 1.54) is 11.6 Å². The zero-order valence-corrected chi connectivity index (χ0v) is 13.9. The van der Waals surface area contributed by atoms with Crippen LogP contribution in [0.1, 0.15) is 24.5 Å². The summed E-state index contributed by atoms with van der Waals surface area (Å²) in [6.07, 6.45) is 2.93. The van der Waals surface area contributed by atoms with Gasteiger partial charge in [-0.2, -0.15) is 11.3 Å². The van der Waals surface area contributed by atoms with Gasteiger partial charge in [0.2, 0.25) is 0 Å². The Morgan fingerprint density at radius 2 is 2.05 bits per heavy atom. The minimum Gasteiger partial charge on any atom is -0.313 e. The van der Waals surface area contributed by atoms with E-state index < -0.39 is 0 Å². The molecule has 1 nitrogen and oxygen atoms in total. The second-order valence-corrected chi connectivity index (χ2v) is 6.66. The maximum Gasteiger partial charge on any atom is 0.124 e. The van der Waals surface area contributed by atoms with Crippen LogP contribution in [-0.4, -0.2) is 12.6 Å². The van der Waals surface area contributed by atoms with Crippen molar-refractivity contribution < 1.29 is 4.39 Å². The zero-order chi connectivity index (χ0) is 14.4. The quantitative estimate of drug-likeness (QED) is 0.751. The van der Waals surface area contributed by atoms with Gasteiger partial charge in [0, 0.05) is 10.5 Å². The molecular weight excluding hydrogens is 337 g/mol. The first-order chi connectivity index (χ1) is 9.67. The first kappa shape index (κ1) is 15.7. The van der Waals surface area contributed by atoms with Gasteiger partial charge < -0.3 is 5.32 Å². The highest BCUT2D eigenvalue weighted by Gasteiger charge is 2.11. The predicted octanol–water partition coefficient (Wildman–Crippen LogP) is 4.80. The predicted molar refractivity (Wildman–Crippen MR) is 87.9 cm³/mol. The van der Waals surface area contributed by atoms with Crippen molar-refractivity contribution in [3.05, 3.63) is 56.4 Å². The first-order valence-corrected chi connectivity index (χ1v) is 8.60. The van der Waals surface area contributed by atoms with E-state index in [0.717, 1.165) is 35.8 Å². The van der Waals surface area contributed by atoms with E-state index in [1.54, 1.807) is 17.4 Å². The van der Waals surface area contributed by atoms with E-state index in [-0.39, 0.29) is 5.82 Å². The third-order valence-corrected chi connectivity index (χ3v) is 4.34. The van der Waals surface area contributed by atoms with Gasteiger partial charge in [0.25, 0.3) is 0 Å². The lowest BCUT2D eigenvalue weighted by molar-refractivity contribution is 0.503. The molecule has 4 heteroatoms. The summed E-state index contributed by atoms with van der Waals surface area (Å²) < 4.78 is 14.3. The van der Waals surface area contributed by atoms with Crippen LogP contribution in [0, 0.1) is 5.82 Å². The average Bonchev–Trinajstić information content (AvgIpc) is 2.87. The molecule has 1 N–H and O–H groups in total. The van der Waals surface area contributed by atoms with Gasteiger partial charge in [-0.15, -0.1) is 0 Å². The van der Waals surface area contributed by atoms with Gasteiger partial charge in [0.05, 0.1) is 0 Å². The molecular formula is C16H19BrFNS. The topological polar surface area (TPSA) is 12.0 Å². The zero-order valence-electron chi connectivity index (χ0n) is 11.5. The van der Waals surface area contributed by atoms with Crippen molar-refractivity contribution in [3.63, 3.8) is 0 Å². The highest BCUT2D eigenvalue weighted by molar-refractivity contribution is 9.10. The molecule has 1 aromatic carbocycles. The second kappa shape index (κ2) is 7.91. The van der Waals surface area contributed by atoms with Crippen LogP contribution in [-0.2, 0) is 12.8 Å². The number of benzene rings is 1. The molecule has 1 atom stereocenters. The Hall–Kier alpha value is -0.710. The molecule has 2 aromatic rings. The van der Waals surface area contributed by atoms with Gasteiger partial charge in [0.15, 0.2) is 0 Å². The van der Waals surface area contributed by atoms with E-state index in [0.29, 0.717) is 6.04 Å². The van der Waals surface area contributed by atoms with Crippen molar-refractivity contribution in [1.29, 1.82) is 0 Å². The largest absolute Gasteiger partial charge is 0.313 e. The smallest absolute Gasteiger partial charge is 0.124 e. The molecule has 1 heterocycles. The third-order valence-electron chi connectivity index (χ3n) is 3.15. The minimum absolute atomic E-state index is 0.181. The maximum atomic E-state index is 13.5. The summed E-state index contributed by atoms with van der Waals surface area (Å²) in [6, 6.07) is 7.62. The average molecular weight is 356 g/mol. The van der Waals surface area contributed by atoms with Crippen LogP contribution < -0.4 is 5.32 Å². The lowest BCUT2D eigenvalue weighted by Gasteiger charge is -2.18. The van der Waals surface area contributed by atoms with E-state index >= 15 is 0 Å². The van der Waals surface area contributed by atoms with Gasteiger partial charge >= 0.3 is 0 Å². The SMILES string of the molecule is CCCNC(Cc1ccsc1)Cc1cc(F)cc(Br)c1. The molecule has 0 aliphatic heterocycles. The lowest BCUT2D eigenvalue weighted by atomic mass is 10.0. The summed E-state index contributed by atoms with van der Waals surface area (Å²) in [6.45, 7) is 3.15. The molecule has 0 amide bonds. The van der Waals surface area contributed by atoms with Crippen LogP contribution in [0.5, 0.6) is 0 Å². The Balaban J connectivity index is 2.05. The molecule has 2 rings (SSSR count). The van der Waals surface area contributed by atoms with E-state index in [9.17, 15) is 4.39 Å². The summed E-state index contributed by atoms with van der Waals surface area (Å²) >= 11 is 5.08.